The molecule has 1 atom stereocenters. The number of carbonyl (C=O) groups is 2. The Morgan fingerprint density at radius 1 is 1.17 bits per heavy atom. The summed E-state index contributed by atoms with van der Waals surface area (Å²) >= 11 is 0. The van der Waals surface area contributed by atoms with E-state index in [9.17, 15) is 18.0 Å². The topological polar surface area (TPSA) is 118 Å². The highest BCUT2D eigenvalue weighted by Crippen LogP contribution is 2.13. The molecular formula is C16H25N3O4S. The van der Waals surface area contributed by atoms with Crippen LogP contribution in [0, 0.1) is 5.41 Å². The van der Waals surface area contributed by atoms with Crippen molar-refractivity contribution >= 4 is 21.8 Å². The molecule has 0 unspecified atom stereocenters. The van der Waals surface area contributed by atoms with Crippen molar-refractivity contribution in [2.24, 2.45) is 10.6 Å². The minimum absolute atomic E-state index is 0.0498. The summed E-state index contributed by atoms with van der Waals surface area (Å²) in [6.45, 7) is 7.33. The maximum absolute atomic E-state index is 12.0. The van der Waals surface area contributed by atoms with Crippen molar-refractivity contribution < 1.29 is 18.0 Å². The highest BCUT2D eigenvalue weighted by Gasteiger charge is 2.24. The van der Waals surface area contributed by atoms with E-state index < -0.39 is 21.5 Å². The van der Waals surface area contributed by atoms with E-state index in [0.717, 1.165) is 5.56 Å². The third-order valence-electron chi connectivity index (χ3n) is 3.39. The van der Waals surface area contributed by atoms with Crippen LogP contribution in [0.4, 0.5) is 0 Å². The summed E-state index contributed by atoms with van der Waals surface area (Å²) in [5.41, 5.74) is 0.314. The number of sulfonamides is 1. The number of primary sulfonamides is 1. The van der Waals surface area contributed by atoms with E-state index in [-0.39, 0.29) is 16.7 Å². The molecule has 0 bridgehead atoms. The van der Waals surface area contributed by atoms with Crippen LogP contribution >= 0.6 is 0 Å². The Hall–Kier alpha value is -1.93. The van der Waals surface area contributed by atoms with Gasteiger partial charge < -0.3 is 10.6 Å². The average Bonchev–Trinajstić information content (AvgIpc) is 2.45. The molecule has 24 heavy (non-hydrogen) atoms. The van der Waals surface area contributed by atoms with Gasteiger partial charge in [-0.25, -0.2) is 13.6 Å². The highest BCUT2D eigenvalue weighted by molar-refractivity contribution is 7.89. The number of benzene rings is 1. The van der Waals surface area contributed by atoms with Gasteiger partial charge in [0.2, 0.25) is 21.8 Å². The fraction of sp³-hybridized carbons (Fsp3) is 0.500. The summed E-state index contributed by atoms with van der Waals surface area (Å²) in [5, 5.41) is 10.4. The number of nitrogens with one attached hydrogen (secondary N) is 2. The molecule has 0 radical (unpaired) electrons. The van der Waals surface area contributed by atoms with Crippen LogP contribution in [0.15, 0.2) is 29.2 Å². The van der Waals surface area contributed by atoms with Crippen LogP contribution < -0.4 is 15.8 Å². The summed E-state index contributed by atoms with van der Waals surface area (Å²) in [7, 11) is -3.70. The molecule has 0 heterocycles. The molecule has 0 aliphatic heterocycles. The largest absolute Gasteiger partial charge is 0.354 e. The first kappa shape index (κ1) is 20.1. The lowest BCUT2D eigenvalue weighted by molar-refractivity contribution is -0.133. The Bertz CT molecular complexity index is 691. The molecule has 0 fully saturated rings. The zero-order valence-electron chi connectivity index (χ0n) is 14.4. The van der Waals surface area contributed by atoms with Crippen molar-refractivity contribution in [3.8, 4) is 0 Å². The molecule has 0 saturated heterocycles. The summed E-state index contributed by atoms with van der Waals surface area (Å²) in [5.74, 6) is -0.461. The van der Waals surface area contributed by atoms with Gasteiger partial charge in [-0.15, -0.1) is 0 Å². The molecule has 4 N–H and O–H groups in total. The van der Waals surface area contributed by atoms with Gasteiger partial charge in [0.05, 0.1) is 4.90 Å². The molecule has 1 rings (SSSR count). The van der Waals surface area contributed by atoms with Gasteiger partial charge >= 0.3 is 0 Å². The molecule has 1 aromatic carbocycles. The molecule has 0 aliphatic rings. The Morgan fingerprint density at radius 2 is 1.71 bits per heavy atom. The Labute approximate surface area is 143 Å². The summed E-state index contributed by atoms with van der Waals surface area (Å²) in [6.07, 6.45) is 0.538. The van der Waals surface area contributed by atoms with E-state index in [1.807, 2.05) is 0 Å². The molecule has 8 heteroatoms. The zero-order chi connectivity index (χ0) is 18.5. The minimum atomic E-state index is -3.70. The number of hydrogen-bond acceptors (Lipinski definition) is 4. The van der Waals surface area contributed by atoms with E-state index in [2.05, 4.69) is 10.6 Å². The van der Waals surface area contributed by atoms with Crippen LogP contribution in [-0.2, 0) is 26.0 Å². The minimum Gasteiger partial charge on any atom is -0.354 e. The van der Waals surface area contributed by atoms with Crippen LogP contribution in [0.5, 0.6) is 0 Å². The van der Waals surface area contributed by atoms with Gasteiger partial charge in [-0.1, -0.05) is 32.9 Å². The lowest BCUT2D eigenvalue weighted by Gasteiger charge is -2.21. The summed E-state index contributed by atoms with van der Waals surface area (Å²) < 4.78 is 22.3. The Morgan fingerprint density at radius 3 is 2.17 bits per heavy atom. The predicted molar refractivity (Wildman–Crippen MR) is 91.6 cm³/mol. The number of nitrogens with two attached hydrogens (primary N) is 1. The standard InChI is InChI=1S/C16H25N3O4S/c1-11(19-15(21)16(2,3)4)14(20)18-10-9-12-5-7-13(8-6-12)24(17,22)23/h5-8,11H,9-10H2,1-4H3,(H,18,20)(H,19,21)(H2,17,22,23)/t11-/m0/s1. The van der Waals surface area contributed by atoms with Crippen LogP contribution in [0.2, 0.25) is 0 Å². The number of rotatable bonds is 6. The van der Waals surface area contributed by atoms with Crippen molar-refractivity contribution in [1.82, 2.24) is 10.6 Å². The molecule has 0 spiro atoms. The number of carbonyl (C=O) groups excluding carboxylic acids is 2. The number of amides is 2. The lowest BCUT2D eigenvalue weighted by atomic mass is 9.95. The molecular weight excluding hydrogens is 330 g/mol. The van der Waals surface area contributed by atoms with E-state index >= 15 is 0 Å². The maximum Gasteiger partial charge on any atom is 0.242 e. The van der Waals surface area contributed by atoms with Gasteiger partial charge in [0, 0.05) is 12.0 Å². The second kappa shape index (κ2) is 7.76. The van der Waals surface area contributed by atoms with Crippen molar-refractivity contribution in [1.29, 1.82) is 0 Å². The number of hydrogen-bond donors (Lipinski definition) is 3. The smallest absolute Gasteiger partial charge is 0.242 e. The fourth-order valence-electron chi connectivity index (χ4n) is 1.81. The van der Waals surface area contributed by atoms with Gasteiger partial charge in [0.15, 0.2) is 0 Å². The second-order valence-corrected chi connectivity index (χ2v) is 8.24. The van der Waals surface area contributed by atoms with Gasteiger partial charge in [-0.05, 0) is 31.0 Å². The van der Waals surface area contributed by atoms with Crippen LogP contribution in [0.25, 0.3) is 0 Å². The first-order valence-corrected chi connectivity index (χ1v) is 9.16. The first-order chi connectivity index (χ1) is 10.9. The van der Waals surface area contributed by atoms with Crippen molar-refractivity contribution in [2.75, 3.05) is 6.54 Å². The van der Waals surface area contributed by atoms with E-state index in [1.165, 1.54) is 12.1 Å². The van der Waals surface area contributed by atoms with E-state index in [1.54, 1.807) is 39.8 Å². The van der Waals surface area contributed by atoms with Crippen LogP contribution in [0.3, 0.4) is 0 Å². The highest BCUT2D eigenvalue weighted by atomic mass is 32.2. The average molecular weight is 355 g/mol. The summed E-state index contributed by atoms with van der Waals surface area (Å²) in [6, 6.07) is 5.53. The fourth-order valence-corrected chi connectivity index (χ4v) is 2.32. The molecule has 7 nitrogen and oxygen atoms in total. The lowest BCUT2D eigenvalue weighted by Crippen LogP contribution is -2.48. The quantitative estimate of drug-likeness (QED) is 0.690. The van der Waals surface area contributed by atoms with Gasteiger partial charge in [-0.3, -0.25) is 9.59 Å². The first-order valence-electron chi connectivity index (χ1n) is 7.61. The molecule has 0 saturated carbocycles. The van der Waals surface area contributed by atoms with Crippen molar-refractivity contribution in [2.45, 2.75) is 45.1 Å². The third kappa shape index (κ3) is 6.29. The van der Waals surface area contributed by atoms with Crippen molar-refractivity contribution in [3.63, 3.8) is 0 Å². The predicted octanol–water partition coefficient (Wildman–Crippen LogP) is 0.544. The third-order valence-corrected chi connectivity index (χ3v) is 4.32. The van der Waals surface area contributed by atoms with Gasteiger partial charge in [-0.2, -0.15) is 0 Å². The van der Waals surface area contributed by atoms with Gasteiger partial charge in [0.25, 0.3) is 0 Å². The van der Waals surface area contributed by atoms with Crippen LogP contribution in [-0.4, -0.2) is 32.8 Å². The Kier molecular flexibility index (Phi) is 6.50. The van der Waals surface area contributed by atoms with E-state index in [0.29, 0.717) is 13.0 Å². The Balaban J connectivity index is 2.47. The van der Waals surface area contributed by atoms with Crippen LogP contribution in [0.1, 0.15) is 33.3 Å². The summed E-state index contributed by atoms with van der Waals surface area (Å²) in [4.78, 5) is 23.8. The molecule has 0 aromatic heterocycles. The molecule has 1 aromatic rings. The zero-order valence-corrected chi connectivity index (χ0v) is 15.2. The molecule has 134 valence electrons. The van der Waals surface area contributed by atoms with E-state index in [4.69, 9.17) is 5.14 Å². The maximum atomic E-state index is 12.0. The van der Waals surface area contributed by atoms with Crippen molar-refractivity contribution in [3.05, 3.63) is 29.8 Å². The SMILES string of the molecule is C[C@H](NC(=O)C(C)(C)C)C(=O)NCCc1ccc(S(N)(=O)=O)cc1. The molecule has 0 aliphatic carbocycles. The monoisotopic (exact) mass is 355 g/mol. The van der Waals surface area contributed by atoms with Gasteiger partial charge in [0.1, 0.15) is 6.04 Å². The normalized spacial score (nSPS) is 13.2. The second-order valence-electron chi connectivity index (χ2n) is 6.68. The molecule has 2 amide bonds.